The first-order valence-corrected chi connectivity index (χ1v) is 12.0. The molecule has 1 amide bonds. The number of aliphatic hydroxyl groups excluding tert-OH is 1. The predicted molar refractivity (Wildman–Crippen MR) is 135 cm³/mol. The number of esters is 1. The summed E-state index contributed by atoms with van der Waals surface area (Å²) >= 11 is 0. The first-order chi connectivity index (χ1) is 17.8. The molecule has 3 heterocycles. The van der Waals surface area contributed by atoms with Gasteiger partial charge in [0.05, 0.1) is 31.7 Å². The number of hydrogen-bond acceptors (Lipinski definition) is 7. The first kappa shape index (κ1) is 25.7. The fourth-order valence-corrected chi connectivity index (χ4v) is 4.76. The Hall–Kier alpha value is -4.34. The fourth-order valence-electron chi connectivity index (χ4n) is 4.76. The highest BCUT2D eigenvalue weighted by atomic mass is 16.5. The Kier molecular flexibility index (Phi) is 7.47. The summed E-state index contributed by atoms with van der Waals surface area (Å²) in [5.41, 5.74) is 2.01. The topological polar surface area (TPSA) is 127 Å². The number of nitrogens with one attached hydrogen (secondary N) is 1. The number of ketones is 1. The molecule has 37 heavy (non-hydrogen) atoms. The second-order valence-corrected chi connectivity index (χ2v) is 8.77. The van der Waals surface area contributed by atoms with Gasteiger partial charge in [0.25, 0.3) is 11.7 Å². The minimum Gasteiger partial charge on any atom is -0.507 e. The lowest BCUT2D eigenvalue weighted by Gasteiger charge is -2.25. The highest BCUT2D eigenvalue weighted by Crippen LogP contribution is 2.41. The van der Waals surface area contributed by atoms with Crippen LogP contribution in [0.2, 0.25) is 0 Å². The second-order valence-electron chi connectivity index (χ2n) is 8.77. The molecule has 3 aromatic rings. The van der Waals surface area contributed by atoms with Gasteiger partial charge in [-0.05, 0) is 50.5 Å². The number of likely N-dealkylation sites (tertiary alicyclic amines) is 1. The van der Waals surface area contributed by atoms with E-state index in [0.29, 0.717) is 47.7 Å². The van der Waals surface area contributed by atoms with E-state index in [9.17, 15) is 19.5 Å². The van der Waals surface area contributed by atoms with Gasteiger partial charge in [-0.25, -0.2) is 9.78 Å². The highest BCUT2D eigenvalue weighted by molar-refractivity contribution is 6.46. The molecular formula is C27H30N4O6. The molecule has 194 valence electrons. The Labute approximate surface area is 214 Å². The minimum absolute atomic E-state index is 0.0293. The number of nitrogens with zero attached hydrogens (tertiary/aromatic N) is 3. The molecule has 1 aliphatic rings. The number of aliphatic hydroxyl groups is 1. The maximum atomic E-state index is 13.3. The van der Waals surface area contributed by atoms with Crippen molar-refractivity contribution < 1.29 is 29.0 Å². The number of hydrogen-bond donors (Lipinski definition) is 2. The molecular weight excluding hydrogens is 476 g/mol. The fraction of sp³-hybridized carbons (Fsp3) is 0.333. The van der Waals surface area contributed by atoms with Crippen molar-refractivity contribution in [1.82, 2.24) is 19.4 Å². The van der Waals surface area contributed by atoms with Crippen molar-refractivity contribution in [2.24, 2.45) is 0 Å². The molecule has 1 atom stereocenters. The molecule has 0 saturated carbocycles. The van der Waals surface area contributed by atoms with Crippen LogP contribution in [0, 0.1) is 13.8 Å². The number of aryl methyl sites for hydroxylation is 2. The molecule has 10 heteroatoms. The van der Waals surface area contributed by atoms with Crippen molar-refractivity contribution in [2.45, 2.75) is 39.8 Å². The molecule has 1 fully saturated rings. The molecule has 2 aromatic heterocycles. The third-order valence-corrected chi connectivity index (χ3v) is 6.49. The van der Waals surface area contributed by atoms with Crippen LogP contribution in [0.4, 0.5) is 0 Å². The van der Waals surface area contributed by atoms with Crippen LogP contribution >= 0.6 is 0 Å². The zero-order chi connectivity index (χ0) is 26.7. The van der Waals surface area contributed by atoms with Gasteiger partial charge in [0.1, 0.15) is 17.2 Å². The van der Waals surface area contributed by atoms with Crippen LogP contribution in [0.5, 0.6) is 5.75 Å². The summed E-state index contributed by atoms with van der Waals surface area (Å²) in [6.07, 6.45) is 5.77. The summed E-state index contributed by atoms with van der Waals surface area (Å²) in [5.74, 6) is -1.74. The van der Waals surface area contributed by atoms with Crippen LogP contribution in [0.1, 0.15) is 52.3 Å². The van der Waals surface area contributed by atoms with Gasteiger partial charge in [0, 0.05) is 36.7 Å². The average molecular weight is 507 g/mol. The van der Waals surface area contributed by atoms with Gasteiger partial charge in [0.2, 0.25) is 0 Å². The number of H-pyrrole nitrogens is 1. The number of Topliss-reactive ketones (excluding diaryl/α,β-unsaturated/α-hetero) is 1. The molecule has 1 aromatic carbocycles. The molecule has 2 N–H and O–H groups in total. The first-order valence-electron chi connectivity index (χ1n) is 12.0. The van der Waals surface area contributed by atoms with Crippen LogP contribution < -0.4 is 4.74 Å². The summed E-state index contributed by atoms with van der Waals surface area (Å²) in [6.45, 7) is 6.61. The SMILES string of the molecule is CCOc1ccc([C@@H]2C(=C(O)c3c(C)[nH]c(C(=O)OC)c3C)C(=O)C(=O)N2CCCn2ccnc2)cc1. The molecule has 10 nitrogen and oxygen atoms in total. The van der Waals surface area contributed by atoms with Crippen molar-refractivity contribution in [1.29, 1.82) is 0 Å². The third kappa shape index (κ3) is 4.87. The molecule has 0 spiro atoms. The summed E-state index contributed by atoms with van der Waals surface area (Å²) in [7, 11) is 1.26. The van der Waals surface area contributed by atoms with Gasteiger partial charge in [-0.2, -0.15) is 0 Å². The number of rotatable bonds is 9. The lowest BCUT2D eigenvalue weighted by molar-refractivity contribution is -0.139. The summed E-state index contributed by atoms with van der Waals surface area (Å²) in [5, 5.41) is 11.5. The Morgan fingerprint density at radius 2 is 1.89 bits per heavy atom. The minimum atomic E-state index is -0.811. The largest absolute Gasteiger partial charge is 0.507 e. The van der Waals surface area contributed by atoms with Crippen LogP contribution in [0.3, 0.4) is 0 Å². The van der Waals surface area contributed by atoms with Crippen molar-refractivity contribution in [3.8, 4) is 5.75 Å². The molecule has 0 aliphatic carbocycles. The number of ether oxygens (including phenoxy) is 2. The molecule has 0 unspecified atom stereocenters. The molecule has 1 aliphatic heterocycles. The van der Waals surface area contributed by atoms with Gasteiger partial charge in [-0.3, -0.25) is 9.59 Å². The smallest absolute Gasteiger partial charge is 0.354 e. The van der Waals surface area contributed by atoms with Crippen LogP contribution in [-0.4, -0.2) is 62.5 Å². The van der Waals surface area contributed by atoms with Crippen molar-refractivity contribution in [2.75, 3.05) is 20.3 Å². The number of aromatic nitrogens is 3. The summed E-state index contributed by atoms with van der Waals surface area (Å²) < 4.78 is 12.3. The standard InChI is InChI=1S/C27H30N4O6/c1-5-37-19-9-7-18(8-10-19)23-21(24(32)20-16(2)22(27(35)36-4)29-17(20)3)25(33)26(34)31(23)13-6-12-30-14-11-28-15-30/h7-11,14-15,23,29,32H,5-6,12-13H2,1-4H3/t23-/m1/s1. The maximum Gasteiger partial charge on any atom is 0.354 e. The van der Waals surface area contributed by atoms with E-state index >= 15 is 0 Å². The predicted octanol–water partition coefficient (Wildman–Crippen LogP) is 3.53. The Bertz CT molecular complexity index is 1340. The van der Waals surface area contributed by atoms with Gasteiger partial charge < -0.3 is 29.0 Å². The van der Waals surface area contributed by atoms with Crippen LogP contribution in [-0.2, 0) is 20.9 Å². The normalized spacial score (nSPS) is 16.9. The van der Waals surface area contributed by atoms with E-state index in [1.165, 1.54) is 12.0 Å². The quantitative estimate of drug-likeness (QED) is 0.197. The van der Waals surface area contributed by atoms with E-state index < -0.39 is 23.7 Å². The Morgan fingerprint density at radius 1 is 1.16 bits per heavy atom. The van der Waals surface area contributed by atoms with Crippen LogP contribution in [0.25, 0.3) is 5.76 Å². The number of carbonyl (C=O) groups excluding carboxylic acids is 3. The van der Waals surface area contributed by atoms with Gasteiger partial charge in [-0.15, -0.1) is 0 Å². The Balaban J connectivity index is 1.79. The van der Waals surface area contributed by atoms with Gasteiger partial charge in [-0.1, -0.05) is 12.1 Å². The summed E-state index contributed by atoms with van der Waals surface area (Å²) in [4.78, 5) is 47.2. The number of carbonyl (C=O) groups is 3. The second kappa shape index (κ2) is 10.7. The lowest BCUT2D eigenvalue weighted by Crippen LogP contribution is -2.31. The number of amides is 1. The molecule has 0 bridgehead atoms. The Morgan fingerprint density at radius 3 is 2.51 bits per heavy atom. The number of aromatic amines is 1. The van der Waals surface area contributed by atoms with Crippen molar-refractivity contribution >= 4 is 23.4 Å². The van der Waals surface area contributed by atoms with E-state index in [0.717, 1.165) is 0 Å². The summed E-state index contributed by atoms with van der Waals surface area (Å²) in [6, 6.07) is 6.30. The number of imidazole rings is 1. The maximum absolute atomic E-state index is 13.3. The third-order valence-electron chi connectivity index (χ3n) is 6.49. The zero-order valence-corrected chi connectivity index (χ0v) is 21.3. The van der Waals surface area contributed by atoms with E-state index in [1.54, 1.807) is 50.6 Å². The lowest BCUT2D eigenvalue weighted by atomic mass is 9.94. The van der Waals surface area contributed by atoms with Crippen LogP contribution in [0.15, 0.2) is 48.6 Å². The van der Waals surface area contributed by atoms with Gasteiger partial charge >= 0.3 is 5.97 Å². The van der Waals surface area contributed by atoms with Crippen molar-refractivity contribution in [3.05, 3.63) is 76.6 Å². The van der Waals surface area contributed by atoms with Gasteiger partial charge in [0.15, 0.2) is 0 Å². The zero-order valence-electron chi connectivity index (χ0n) is 21.3. The molecule has 4 rings (SSSR count). The molecule has 1 saturated heterocycles. The molecule has 0 radical (unpaired) electrons. The van der Waals surface area contributed by atoms with E-state index in [1.807, 2.05) is 17.7 Å². The number of methoxy groups -OCH3 is 1. The van der Waals surface area contributed by atoms with E-state index in [4.69, 9.17) is 9.47 Å². The highest BCUT2D eigenvalue weighted by Gasteiger charge is 2.46. The average Bonchev–Trinajstić information content (AvgIpc) is 3.57. The van der Waals surface area contributed by atoms with Crippen molar-refractivity contribution in [3.63, 3.8) is 0 Å². The van der Waals surface area contributed by atoms with E-state index in [2.05, 4.69) is 9.97 Å². The monoisotopic (exact) mass is 506 g/mol. The number of benzene rings is 1. The van der Waals surface area contributed by atoms with E-state index in [-0.39, 0.29) is 23.6 Å².